The number of hydrogen-bond donors (Lipinski definition) is 0. The number of hydrogen-bond acceptors (Lipinski definition) is 4. The summed E-state index contributed by atoms with van der Waals surface area (Å²) in [5, 5.41) is 4.11. The molecule has 0 bridgehead atoms. The molecule has 0 saturated heterocycles. The van der Waals surface area contributed by atoms with Crippen molar-refractivity contribution in [2.24, 2.45) is 5.16 Å². The molecule has 1 aromatic carbocycles. The van der Waals surface area contributed by atoms with Gasteiger partial charge in [-0.3, -0.25) is 4.79 Å². The molecule has 0 unspecified atom stereocenters. The third kappa shape index (κ3) is 3.59. The van der Waals surface area contributed by atoms with Gasteiger partial charge in [0.15, 0.2) is 0 Å². The Bertz CT molecular complexity index is 390. The number of nitrogens with zero attached hydrogens (tertiary/aromatic N) is 1. The molecule has 0 atom stereocenters. The highest BCUT2D eigenvalue weighted by molar-refractivity contribution is 6.30. The van der Waals surface area contributed by atoms with Crippen LogP contribution in [-0.4, -0.2) is 19.3 Å². The number of benzene rings is 1. The average molecular weight is 228 g/mol. The number of oxime groups is 1. The molecule has 4 nitrogen and oxygen atoms in total. The number of carbonyl (C=O) groups excluding carboxylic acids is 1. The van der Waals surface area contributed by atoms with Crippen molar-refractivity contribution >= 4 is 23.8 Å². The predicted molar refractivity (Wildman–Crippen MR) is 57.4 cm³/mol. The highest BCUT2D eigenvalue weighted by Gasteiger charge is 2.05. The number of rotatable bonds is 3. The summed E-state index contributed by atoms with van der Waals surface area (Å²) in [4.78, 5) is 15.3. The summed E-state index contributed by atoms with van der Waals surface area (Å²) in [6.07, 6.45) is 1.42. The fourth-order valence-electron chi connectivity index (χ4n) is 0.977. The topological polar surface area (TPSA) is 47.9 Å². The zero-order chi connectivity index (χ0) is 11.3. The standard InChI is InChI=1S/C10H10ClNO3/c1-7(13)15-10-4-3-9(11)5-8(10)6-12-14-2/h3-6H,1-2H3. The van der Waals surface area contributed by atoms with Crippen molar-refractivity contribution in [2.45, 2.75) is 6.92 Å². The Morgan fingerprint density at radius 1 is 1.53 bits per heavy atom. The van der Waals surface area contributed by atoms with Gasteiger partial charge in [0.2, 0.25) is 0 Å². The maximum Gasteiger partial charge on any atom is 0.308 e. The Hall–Kier alpha value is -1.55. The van der Waals surface area contributed by atoms with E-state index in [0.717, 1.165) is 0 Å². The zero-order valence-corrected chi connectivity index (χ0v) is 9.12. The molecule has 80 valence electrons. The average Bonchev–Trinajstić information content (AvgIpc) is 2.18. The maximum absolute atomic E-state index is 10.8. The minimum atomic E-state index is -0.399. The van der Waals surface area contributed by atoms with Crippen LogP contribution in [0.5, 0.6) is 5.75 Å². The Labute approximate surface area is 92.4 Å². The van der Waals surface area contributed by atoms with E-state index in [-0.39, 0.29) is 0 Å². The van der Waals surface area contributed by atoms with Crippen LogP contribution in [-0.2, 0) is 9.63 Å². The van der Waals surface area contributed by atoms with E-state index in [2.05, 4.69) is 9.99 Å². The molecule has 0 radical (unpaired) electrons. The monoisotopic (exact) mass is 227 g/mol. The predicted octanol–water partition coefficient (Wildman–Crippen LogP) is 2.25. The molecule has 0 aliphatic rings. The van der Waals surface area contributed by atoms with Gasteiger partial charge in [-0.05, 0) is 18.2 Å². The van der Waals surface area contributed by atoms with E-state index in [1.165, 1.54) is 20.2 Å². The first kappa shape index (κ1) is 11.5. The van der Waals surface area contributed by atoms with Crippen LogP contribution in [0.2, 0.25) is 5.02 Å². The zero-order valence-electron chi connectivity index (χ0n) is 8.36. The molecule has 1 aromatic rings. The minimum Gasteiger partial charge on any atom is -0.426 e. The third-order valence-electron chi connectivity index (χ3n) is 1.52. The van der Waals surface area contributed by atoms with E-state index in [1.807, 2.05) is 0 Å². The Kier molecular flexibility index (Phi) is 4.12. The first-order valence-electron chi connectivity index (χ1n) is 4.18. The second-order valence-corrected chi connectivity index (χ2v) is 3.13. The van der Waals surface area contributed by atoms with Gasteiger partial charge in [0.25, 0.3) is 0 Å². The lowest BCUT2D eigenvalue weighted by molar-refractivity contribution is -0.131. The number of carbonyl (C=O) groups is 1. The molecule has 0 aliphatic heterocycles. The van der Waals surface area contributed by atoms with Crippen molar-refractivity contribution in [1.29, 1.82) is 0 Å². The molecule has 1 rings (SSSR count). The molecule has 0 aromatic heterocycles. The smallest absolute Gasteiger partial charge is 0.308 e. The summed E-state index contributed by atoms with van der Waals surface area (Å²) in [7, 11) is 1.42. The number of halogens is 1. The quantitative estimate of drug-likeness (QED) is 0.344. The molecule has 5 heteroatoms. The highest BCUT2D eigenvalue weighted by atomic mass is 35.5. The molecule has 0 N–H and O–H groups in total. The molecule has 0 fully saturated rings. The van der Waals surface area contributed by atoms with Gasteiger partial charge in [-0.1, -0.05) is 16.8 Å². The lowest BCUT2D eigenvalue weighted by Gasteiger charge is -2.04. The molecule has 0 saturated carbocycles. The fourth-order valence-corrected chi connectivity index (χ4v) is 1.16. The van der Waals surface area contributed by atoms with Crippen LogP contribution in [0.1, 0.15) is 12.5 Å². The second kappa shape index (κ2) is 5.36. The van der Waals surface area contributed by atoms with Gasteiger partial charge < -0.3 is 9.57 Å². The van der Waals surface area contributed by atoms with Crippen LogP contribution in [0.15, 0.2) is 23.4 Å². The van der Waals surface area contributed by atoms with E-state index in [9.17, 15) is 4.79 Å². The van der Waals surface area contributed by atoms with Crippen molar-refractivity contribution in [1.82, 2.24) is 0 Å². The van der Waals surface area contributed by atoms with Gasteiger partial charge in [-0.2, -0.15) is 0 Å². The SMILES string of the molecule is CON=Cc1cc(Cl)ccc1OC(C)=O. The fraction of sp³-hybridized carbons (Fsp3) is 0.200. The molecule has 0 heterocycles. The molecule has 0 amide bonds. The van der Waals surface area contributed by atoms with Crippen molar-refractivity contribution in [3.63, 3.8) is 0 Å². The van der Waals surface area contributed by atoms with Gasteiger partial charge in [-0.15, -0.1) is 0 Å². The summed E-state index contributed by atoms with van der Waals surface area (Å²) >= 11 is 5.79. The minimum absolute atomic E-state index is 0.396. The molecular formula is C10H10ClNO3. The summed E-state index contributed by atoms with van der Waals surface area (Å²) in [6.45, 7) is 1.33. The molecule has 15 heavy (non-hydrogen) atoms. The highest BCUT2D eigenvalue weighted by Crippen LogP contribution is 2.21. The van der Waals surface area contributed by atoms with E-state index >= 15 is 0 Å². The van der Waals surface area contributed by atoms with Crippen LogP contribution in [0.4, 0.5) is 0 Å². The van der Waals surface area contributed by atoms with Crippen LogP contribution >= 0.6 is 11.6 Å². The van der Waals surface area contributed by atoms with Crippen LogP contribution in [0.3, 0.4) is 0 Å². The van der Waals surface area contributed by atoms with Gasteiger partial charge in [0, 0.05) is 17.5 Å². The van der Waals surface area contributed by atoms with Crippen LogP contribution < -0.4 is 4.74 Å². The third-order valence-corrected chi connectivity index (χ3v) is 1.76. The first-order valence-corrected chi connectivity index (χ1v) is 4.56. The maximum atomic E-state index is 10.8. The normalized spacial score (nSPS) is 10.3. The number of ether oxygens (including phenoxy) is 1. The summed E-state index contributed by atoms with van der Waals surface area (Å²) in [5.74, 6) is -0.00270. The first-order chi connectivity index (χ1) is 7.13. The second-order valence-electron chi connectivity index (χ2n) is 2.69. The summed E-state index contributed by atoms with van der Waals surface area (Å²) in [5.41, 5.74) is 0.583. The van der Waals surface area contributed by atoms with E-state index in [0.29, 0.717) is 16.3 Å². The van der Waals surface area contributed by atoms with Crippen LogP contribution in [0, 0.1) is 0 Å². The van der Waals surface area contributed by atoms with Crippen molar-refractivity contribution in [2.75, 3.05) is 7.11 Å². The van der Waals surface area contributed by atoms with E-state index < -0.39 is 5.97 Å². The Balaban J connectivity index is 3.02. The van der Waals surface area contributed by atoms with Crippen LogP contribution in [0.25, 0.3) is 0 Å². The summed E-state index contributed by atoms with van der Waals surface area (Å²) < 4.78 is 4.95. The van der Waals surface area contributed by atoms with Gasteiger partial charge in [-0.25, -0.2) is 0 Å². The van der Waals surface area contributed by atoms with Gasteiger partial charge in [0.1, 0.15) is 12.9 Å². The molecular weight excluding hydrogens is 218 g/mol. The van der Waals surface area contributed by atoms with E-state index in [1.54, 1.807) is 18.2 Å². The summed E-state index contributed by atoms with van der Waals surface area (Å²) in [6, 6.07) is 4.85. The molecule has 0 aliphatic carbocycles. The van der Waals surface area contributed by atoms with Gasteiger partial charge in [0.05, 0.1) is 6.21 Å². The van der Waals surface area contributed by atoms with Crippen molar-refractivity contribution < 1.29 is 14.4 Å². The number of esters is 1. The van der Waals surface area contributed by atoms with E-state index in [4.69, 9.17) is 16.3 Å². The van der Waals surface area contributed by atoms with Gasteiger partial charge >= 0.3 is 5.97 Å². The van der Waals surface area contributed by atoms with Crippen molar-refractivity contribution in [3.05, 3.63) is 28.8 Å². The largest absolute Gasteiger partial charge is 0.426 e. The molecule has 0 spiro atoms. The van der Waals surface area contributed by atoms with Crippen molar-refractivity contribution in [3.8, 4) is 5.75 Å². The lowest BCUT2D eigenvalue weighted by atomic mass is 10.2. The Morgan fingerprint density at radius 2 is 2.27 bits per heavy atom. The lowest BCUT2D eigenvalue weighted by Crippen LogP contribution is -2.03. The Morgan fingerprint density at radius 3 is 2.87 bits per heavy atom.